The fourth-order valence-corrected chi connectivity index (χ4v) is 2.69. The number of carbonyl (C=O) groups excluding carboxylic acids is 2. The third-order valence-electron chi connectivity index (χ3n) is 4.18. The molecule has 4 nitrogen and oxygen atoms in total. The second-order valence-corrected chi connectivity index (χ2v) is 6.06. The number of rotatable bonds is 8. The normalized spacial score (nSPS) is 12.5. The van der Waals surface area contributed by atoms with E-state index in [1.165, 1.54) is 6.08 Å². The molecule has 0 aliphatic rings. The molecule has 2 aromatic carbocycles. The third-order valence-corrected chi connectivity index (χ3v) is 4.18. The van der Waals surface area contributed by atoms with Gasteiger partial charge in [-0.1, -0.05) is 61.7 Å². The van der Waals surface area contributed by atoms with E-state index in [0.717, 1.165) is 0 Å². The van der Waals surface area contributed by atoms with Crippen LogP contribution in [0, 0.1) is 0 Å². The molecular weight excluding hydrogens is 376 g/mol. The molecule has 0 fully saturated rings. The average Bonchev–Trinajstić information content (AvgIpc) is 2.80. The fraction of sp³-hybridized carbons (Fsp3) is 0.0769. The molecular formula is C26H24O4. The Morgan fingerprint density at radius 3 is 1.63 bits per heavy atom. The van der Waals surface area contributed by atoms with Gasteiger partial charge < -0.3 is 9.47 Å². The smallest absolute Gasteiger partial charge is 0.343 e. The van der Waals surface area contributed by atoms with E-state index >= 15 is 0 Å². The molecule has 0 radical (unpaired) electrons. The fourth-order valence-electron chi connectivity index (χ4n) is 2.69. The second-order valence-electron chi connectivity index (χ2n) is 6.06. The van der Waals surface area contributed by atoms with Crippen LogP contribution in [0.1, 0.15) is 34.6 Å². The summed E-state index contributed by atoms with van der Waals surface area (Å²) < 4.78 is 11.2. The molecule has 4 heteroatoms. The molecule has 2 rings (SSSR count). The molecule has 0 amide bonds. The van der Waals surface area contributed by atoms with Gasteiger partial charge in [0.2, 0.25) is 0 Å². The van der Waals surface area contributed by atoms with Crippen LogP contribution in [-0.2, 0) is 9.47 Å². The lowest BCUT2D eigenvalue weighted by Gasteiger charge is -2.17. The first kappa shape index (κ1) is 22.4. The quantitative estimate of drug-likeness (QED) is 0.302. The maximum Gasteiger partial charge on any atom is 0.343 e. The summed E-state index contributed by atoms with van der Waals surface area (Å²) in [7, 11) is 0. The maximum absolute atomic E-state index is 12.6. The van der Waals surface area contributed by atoms with Crippen molar-refractivity contribution < 1.29 is 19.1 Å². The second kappa shape index (κ2) is 11.2. The maximum atomic E-state index is 12.6. The molecule has 0 aliphatic carbocycles. The van der Waals surface area contributed by atoms with Gasteiger partial charge in [-0.25, -0.2) is 9.59 Å². The highest BCUT2D eigenvalue weighted by Crippen LogP contribution is 2.28. The van der Waals surface area contributed by atoms with Gasteiger partial charge >= 0.3 is 11.9 Å². The van der Waals surface area contributed by atoms with Crippen molar-refractivity contribution in [3.05, 3.63) is 132 Å². The predicted octanol–water partition coefficient (Wildman–Crippen LogP) is 6.18. The first-order chi connectivity index (χ1) is 14.5. The average molecular weight is 400 g/mol. The summed E-state index contributed by atoms with van der Waals surface area (Å²) >= 11 is 0. The molecule has 2 aromatic rings. The van der Waals surface area contributed by atoms with E-state index in [0.29, 0.717) is 22.3 Å². The number of allylic oxidation sites excluding steroid dienone is 5. The molecule has 30 heavy (non-hydrogen) atoms. The highest BCUT2D eigenvalue weighted by atomic mass is 16.5. The van der Waals surface area contributed by atoms with Gasteiger partial charge in [-0.15, -0.1) is 0 Å². The lowest BCUT2D eigenvalue weighted by atomic mass is 10.0. The summed E-state index contributed by atoms with van der Waals surface area (Å²) in [5.74, 6) is -0.690. The molecule has 0 aromatic heterocycles. The van der Waals surface area contributed by atoms with E-state index in [9.17, 15) is 9.59 Å². The van der Waals surface area contributed by atoms with Crippen LogP contribution in [0.4, 0.5) is 0 Å². The Hall–Kier alpha value is -3.92. The van der Waals surface area contributed by atoms with E-state index in [-0.39, 0.29) is 11.5 Å². The van der Waals surface area contributed by atoms with Crippen LogP contribution in [0.15, 0.2) is 121 Å². The van der Waals surface area contributed by atoms with Crippen LogP contribution in [0.3, 0.4) is 0 Å². The predicted molar refractivity (Wildman–Crippen MR) is 119 cm³/mol. The number of ether oxygens (including phenoxy) is 2. The van der Waals surface area contributed by atoms with Crippen molar-refractivity contribution in [2.24, 2.45) is 0 Å². The largest absolute Gasteiger partial charge is 0.422 e. The van der Waals surface area contributed by atoms with Crippen molar-refractivity contribution >= 4 is 11.9 Å². The SMILES string of the molecule is C=CC(=C/C)/C(=C(\C=C)OC(=O)c1ccccc1)C(=C\C)/OC(=O)c1ccccc1. The number of esters is 2. The number of benzene rings is 2. The Morgan fingerprint density at radius 2 is 1.23 bits per heavy atom. The van der Waals surface area contributed by atoms with Crippen molar-refractivity contribution in [2.75, 3.05) is 0 Å². The van der Waals surface area contributed by atoms with Crippen LogP contribution >= 0.6 is 0 Å². The highest BCUT2D eigenvalue weighted by Gasteiger charge is 2.21. The summed E-state index contributed by atoms with van der Waals surface area (Å²) in [6.45, 7) is 11.1. The molecule has 0 spiro atoms. The summed E-state index contributed by atoms with van der Waals surface area (Å²) in [4.78, 5) is 25.2. The van der Waals surface area contributed by atoms with E-state index < -0.39 is 11.9 Å². The van der Waals surface area contributed by atoms with Gasteiger partial charge in [0.05, 0.1) is 16.7 Å². The van der Waals surface area contributed by atoms with Gasteiger partial charge in [-0.05, 0) is 55.8 Å². The van der Waals surface area contributed by atoms with Crippen molar-refractivity contribution in [1.29, 1.82) is 0 Å². The van der Waals surface area contributed by atoms with Gasteiger partial charge in [0.15, 0.2) is 0 Å². The third kappa shape index (κ3) is 5.55. The minimum absolute atomic E-state index is 0.158. The molecule has 152 valence electrons. The van der Waals surface area contributed by atoms with Gasteiger partial charge in [0.25, 0.3) is 0 Å². The molecule has 0 saturated carbocycles. The first-order valence-electron chi connectivity index (χ1n) is 9.42. The summed E-state index contributed by atoms with van der Waals surface area (Å²) in [6.07, 6.45) is 6.41. The first-order valence-corrected chi connectivity index (χ1v) is 9.42. The van der Waals surface area contributed by atoms with Crippen LogP contribution < -0.4 is 0 Å². The van der Waals surface area contributed by atoms with Gasteiger partial charge in [-0.3, -0.25) is 0 Å². The van der Waals surface area contributed by atoms with Gasteiger partial charge in [0.1, 0.15) is 11.5 Å². The Morgan fingerprint density at radius 1 is 0.733 bits per heavy atom. The minimum atomic E-state index is -0.549. The van der Waals surface area contributed by atoms with Crippen molar-refractivity contribution in [2.45, 2.75) is 13.8 Å². The van der Waals surface area contributed by atoms with Crippen LogP contribution in [-0.4, -0.2) is 11.9 Å². The van der Waals surface area contributed by atoms with Crippen LogP contribution in [0.2, 0.25) is 0 Å². The Balaban J connectivity index is 2.48. The molecule has 0 bridgehead atoms. The van der Waals surface area contributed by atoms with Crippen molar-refractivity contribution in [1.82, 2.24) is 0 Å². The Kier molecular flexibility index (Phi) is 8.33. The highest BCUT2D eigenvalue weighted by molar-refractivity contribution is 5.91. The summed E-state index contributed by atoms with van der Waals surface area (Å²) in [6, 6.07) is 17.2. The molecule has 0 aliphatic heterocycles. The molecule has 0 N–H and O–H groups in total. The van der Waals surface area contributed by atoms with E-state index in [4.69, 9.17) is 9.47 Å². The summed E-state index contributed by atoms with van der Waals surface area (Å²) in [5.41, 5.74) is 1.82. The number of hydrogen-bond acceptors (Lipinski definition) is 4. The number of hydrogen-bond donors (Lipinski definition) is 0. The molecule has 0 heterocycles. The van der Waals surface area contributed by atoms with Crippen LogP contribution in [0.25, 0.3) is 0 Å². The lowest BCUT2D eigenvalue weighted by molar-refractivity contribution is 0.0619. The lowest BCUT2D eigenvalue weighted by Crippen LogP contribution is -2.12. The molecule has 0 atom stereocenters. The van der Waals surface area contributed by atoms with Crippen molar-refractivity contribution in [3.63, 3.8) is 0 Å². The van der Waals surface area contributed by atoms with Gasteiger partial charge in [-0.2, -0.15) is 0 Å². The zero-order chi connectivity index (χ0) is 21.9. The topological polar surface area (TPSA) is 52.6 Å². The summed E-state index contributed by atoms with van der Waals surface area (Å²) in [5, 5.41) is 0. The monoisotopic (exact) mass is 400 g/mol. The van der Waals surface area contributed by atoms with Crippen molar-refractivity contribution in [3.8, 4) is 0 Å². The van der Waals surface area contributed by atoms with Gasteiger partial charge in [0, 0.05) is 0 Å². The van der Waals surface area contributed by atoms with E-state index in [1.807, 2.05) is 19.1 Å². The standard InChI is InChI=1S/C26H24O4/c1-5-19(6-2)24(22(7-3)29-25(27)20-15-11-9-12-16-20)23(8-4)30-26(28)21-17-13-10-14-18-21/h5-18H,1,3H2,2,4H3/b19-6-,23-8+,24-22-. The zero-order valence-electron chi connectivity index (χ0n) is 17.1. The van der Waals surface area contributed by atoms with E-state index in [1.54, 1.807) is 73.7 Å². The zero-order valence-corrected chi connectivity index (χ0v) is 17.1. The minimum Gasteiger partial charge on any atom is -0.422 e. The van der Waals surface area contributed by atoms with Crippen LogP contribution in [0.5, 0.6) is 0 Å². The molecule has 0 saturated heterocycles. The Labute approximate surface area is 177 Å². The van der Waals surface area contributed by atoms with E-state index in [2.05, 4.69) is 13.2 Å². The molecule has 0 unspecified atom stereocenters. The number of carbonyl (C=O) groups is 2. The Bertz CT molecular complexity index is 1010.